The van der Waals surface area contributed by atoms with Crippen molar-refractivity contribution in [2.45, 2.75) is 69.9 Å². The average Bonchev–Trinajstić information content (AvgIpc) is 2.82. The van der Waals surface area contributed by atoms with Gasteiger partial charge in [-0.05, 0) is 33.6 Å². The van der Waals surface area contributed by atoms with E-state index < -0.39 is 60.1 Å². The summed E-state index contributed by atoms with van der Waals surface area (Å²) in [5.74, 6) is -0.860. The first-order valence-corrected chi connectivity index (χ1v) is 11.7. The molecule has 0 amide bonds. The number of phenols is 1. The van der Waals surface area contributed by atoms with Gasteiger partial charge in [0.2, 0.25) is 6.29 Å². The zero-order valence-corrected chi connectivity index (χ0v) is 20.8. The zero-order valence-electron chi connectivity index (χ0n) is 20.8. The topological polar surface area (TPSA) is 176 Å². The largest absolute Gasteiger partial charge is 0.507 e. The molecule has 6 atom stereocenters. The summed E-state index contributed by atoms with van der Waals surface area (Å²) in [6, 6.07) is 3.65. The predicted octanol–water partition coefficient (Wildman–Crippen LogP) is 1.20. The lowest BCUT2D eigenvalue weighted by atomic mass is 9.99. The van der Waals surface area contributed by atoms with Crippen molar-refractivity contribution >= 4 is 16.9 Å². The van der Waals surface area contributed by atoms with E-state index in [2.05, 4.69) is 6.58 Å². The van der Waals surface area contributed by atoms with Crippen LogP contribution in [0.5, 0.6) is 11.5 Å². The third-order valence-electron chi connectivity index (χ3n) is 6.07. The number of carbonyl (C=O) groups is 1. The minimum absolute atomic E-state index is 0.0354. The Morgan fingerprint density at radius 1 is 1.19 bits per heavy atom. The zero-order chi connectivity index (χ0) is 27.5. The van der Waals surface area contributed by atoms with Crippen molar-refractivity contribution in [1.29, 1.82) is 0 Å². The lowest BCUT2D eigenvalue weighted by Crippen LogP contribution is -2.60. The fraction of sp³-hybridized carbons (Fsp3) is 0.462. The monoisotopic (exact) mass is 520 g/mol. The molecule has 11 nitrogen and oxygen atoms in total. The van der Waals surface area contributed by atoms with Crippen LogP contribution in [0.2, 0.25) is 0 Å². The smallest absolute Gasteiger partial charge is 0.333 e. The Morgan fingerprint density at radius 3 is 2.57 bits per heavy atom. The molecule has 1 saturated heterocycles. The van der Waals surface area contributed by atoms with Gasteiger partial charge in [-0.2, -0.15) is 0 Å². The molecule has 0 spiro atoms. The van der Waals surface area contributed by atoms with Crippen LogP contribution in [0, 0.1) is 6.92 Å². The highest BCUT2D eigenvalue weighted by atomic mass is 16.7. The van der Waals surface area contributed by atoms with Crippen molar-refractivity contribution in [1.82, 2.24) is 0 Å². The maximum absolute atomic E-state index is 12.3. The lowest BCUT2D eigenvalue weighted by Gasteiger charge is -2.39. The van der Waals surface area contributed by atoms with Gasteiger partial charge in [-0.3, -0.25) is 4.79 Å². The summed E-state index contributed by atoms with van der Waals surface area (Å²) in [5, 5.41) is 51.2. The van der Waals surface area contributed by atoms with Gasteiger partial charge in [0.05, 0.1) is 5.60 Å². The van der Waals surface area contributed by atoms with Crippen molar-refractivity contribution in [3.05, 3.63) is 58.5 Å². The number of allylic oxidation sites excluding steroid dienone is 1. The maximum atomic E-state index is 12.3. The highest BCUT2D eigenvalue weighted by molar-refractivity contribution is 5.87. The van der Waals surface area contributed by atoms with E-state index in [1.165, 1.54) is 25.1 Å². The van der Waals surface area contributed by atoms with Gasteiger partial charge in [0.1, 0.15) is 59.3 Å². The standard InChI is InChI=1S/C26H32O11/c1-5-26(4,33)8-6-7-13(2)24(32)34-12-19-21(29)22(30)23(31)25(37-19)36-15-10-17(28)20-16(27)9-14(3)35-18(20)11-15/h5,7,9-11,19,21-23,25,28-31,33H,1,6,8,12H2,2-4H3/b13-7+/t19?,21?,22?,23?,25?,26-/m1/s1. The van der Waals surface area contributed by atoms with E-state index >= 15 is 0 Å². The normalized spacial score (nSPS) is 25.9. The Balaban J connectivity index is 1.68. The number of aliphatic hydroxyl groups is 4. The number of benzene rings is 1. The van der Waals surface area contributed by atoms with Gasteiger partial charge in [0.15, 0.2) is 5.43 Å². The molecule has 1 fully saturated rings. The van der Waals surface area contributed by atoms with Crippen molar-refractivity contribution in [3.63, 3.8) is 0 Å². The number of aliphatic hydroxyl groups excluding tert-OH is 3. The quantitative estimate of drug-likeness (QED) is 0.182. The first kappa shape index (κ1) is 28.4. The molecule has 0 aliphatic carbocycles. The molecule has 1 aliphatic heterocycles. The number of phenolic OH excluding ortho intramolecular Hbond substituents is 1. The molecule has 1 aromatic carbocycles. The summed E-state index contributed by atoms with van der Waals surface area (Å²) in [7, 11) is 0. The second-order valence-corrected chi connectivity index (χ2v) is 9.25. The van der Waals surface area contributed by atoms with Gasteiger partial charge in [0.25, 0.3) is 0 Å². The Bertz CT molecular complexity index is 1230. The molecular weight excluding hydrogens is 488 g/mol. The summed E-state index contributed by atoms with van der Waals surface area (Å²) in [6.07, 6.45) is -4.02. The second kappa shape index (κ2) is 11.4. The predicted molar refractivity (Wildman–Crippen MR) is 131 cm³/mol. The molecule has 2 heterocycles. The fourth-order valence-electron chi connectivity index (χ4n) is 3.76. The highest BCUT2D eigenvalue weighted by Gasteiger charge is 2.45. The minimum atomic E-state index is -1.70. The average molecular weight is 521 g/mol. The van der Waals surface area contributed by atoms with Gasteiger partial charge >= 0.3 is 5.97 Å². The maximum Gasteiger partial charge on any atom is 0.333 e. The van der Waals surface area contributed by atoms with Gasteiger partial charge < -0.3 is 44.2 Å². The van der Waals surface area contributed by atoms with Gasteiger partial charge in [-0.15, -0.1) is 6.58 Å². The Labute approximate surface area is 212 Å². The molecule has 1 aromatic heterocycles. The number of ether oxygens (including phenoxy) is 3. The number of hydrogen-bond acceptors (Lipinski definition) is 11. The number of esters is 1. The van der Waals surface area contributed by atoms with Crippen LogP contribution in [0.25, 0.3) is 11.0 Å². The molecule has 1 aliphatic rings. The van der Waals surface area contributed by atoms with Crippen LogP contribution in [0.3, 0.4) is 0 Å². The molecule has 0 saturated carbocycles. The van der Waals surface area contributed by atoms with Crippen molar-refractivity contribution < 1.29 is 49.0 Å². The SMILES string of the molecule is C=C[C@@](C)(O)CC/C=C(\C)C(=O)OCC1OC(Oc2cc(O)c3c(=O)cc(C)oc3c2)C(O)C(O)C1O. The first-order chi connectivity index (χ1) is 17.3. The Kier molecular flexibility index (Phi) is 8.77. The fourth-order valence-corrected chi connectivity index (χ4v) is 3.76. The van der Waals surface area contributed by atoms with Gasteiger partial charge in [-0.25, -0.2) is 4.79 Å². The van der Waals surface area contributed by atoms with E-state index in [4.69, 9.17) is 18.6 Å². The number of aromatic hydroxyl groups is 1. The number of hydrogen-bond donors (Lipinski definition) is 5. The first-order valence-electron chi connectivity index (χ1n) is 11.7. The molecule has 3 rings (SSSR count). The van der Waals surface area contributed by atoms with Crippen molar-refractivity contribution in [2.24, 2.45) is 0 Å². The van der Waals surface area contributed by atoms with Gasteiger partial charge in [-0.1, -0.05) is 12.2 Å². The number of fused-ring (bicyclic) bond motifs is 1. The van der Waals surface area contributed by atoms with Crippen LogP contribution in [0.4, 0.5) is 0 Å². The van der Waals surface area contributed by atoms with Crippen LogP contribution in [-0.2, 0) is 14.3 Å². The van der Waals surface area contributed by atoms with Crippen LogP contribution in [0.1, 0.15) is 32.4 Å². The number of aryl methyl sites for hydroxylation is 1. The molecular formula is C26H32O11. The highest BCUT2D eigenvalue weighted by Crippen LogP contribution is 2.31. The van der Waals surface area contributed by atoms with E-state index in [1.54, 1.807) is 19.9 Å². The Hall–Kier alpha value is -3.22. The van der Waals surface area contributed by atoms with E-state index in [0.29, 0.717) is 18.6 Å². The minimum Gasteiger partial charge on any atom is -0.507 e. The van der Waals surface area contributed by atoms with Gasteiger partial charge in [0, 0.05) is 23.8 Å². The summed E-state index contributed by atoms with van der Waals surface area (Å²) < 4.78 is 21.8. The van der Waals surface area contributed by atoms with E-state index in [9.17, 15) is 35.1 Å². The van der Waals surface area contributed by atoms with Crippen LogP contribution < -0.4 is 10.2 Å². The number of carbonyl (C=O) groups excluding carboxylic acids is 1. The second-order valence-electron chi connectivity index (χ2n) is 9.25. The molecule has 11 heteroatoms. The summed E-state index contributed by atoms with van der Waals surface area (Å²) >= 11 is 0. The molecule has 0 radical (unpaired) electrons. The third kappa shape index (κ3) is 6.76. The molecule has 5 unspecified atom stereocenters. The molecule has 0 bridgehead atoms. The van der Waals surface area contributed by atoms with Crippen LogP contribution in [-0.4, -0.2) is 74.4 Å². The van der Waals surface area contributed by atoms with Crippen LogP contribution in [0.15, 0.2) is 51.7 Å². The Morgan fingerprint density at radius 2 is 1.89 bits per heavy atom. The van der Waals surface area contributed by atoms with E-state index in [-0.39, 0.29) is 22.3 Å². The third-order valence-corrected chi connectivity index (χ3v) is 6.07. The van der Waals surface area contributed by atoms with Crippen molar-refractivity contribution in [3.8, 4) is 11.5 Å². The van der Waals surface area contributed by atoms with Crippen molar-refractivity contribution in [2.75, 3.05) is 6.61 Å². The number of rotatable bonds is 9. The summed E-state index contributed by atoms with van der Waals surface area (Å²) in [4.78, 5) is 24.5. The molecule has 37 heavy (non-hydrogen) atoms. The summed E-state index contributed by atoms with van der Waals surface area (Å²) in [6.45, 7) is 7.76. The molecule has 202 valence electrons. The molecule has 2 aromatic rings. The lowest BCUT2D eigenvalue weighted by molar-refractivity contribution is -0.278. The van der Waals surface area contributed by atoms with E-state index in [1.807, 2.05) is 0 Å². The van der Waals surface area contributed by atoms with Crippen LogP contribution >= 0.6 is 0 Å². The van der Waals surface area contributed by atoms with E-state index in [0.717, 1.165) is 6.07 Å². The summed E-state index contributed by atoms with van der Waals surface area (Å²) in [5.41, 5.74) is -1.22. The molecule has 5 N–H and O–H groups in total.